The summed E-state index contributed by atoms with van der Waals surface area (Å²) in [5.41, 5.74) is 1.25. The maximum atomic E-state index is 6.31. The van der Waals surface area contributed by atoms with E-state index in [9.17, 15) is 0 Å². The predicted molar refractivity (Wildman–Crippen MR) is 87.3 cm³/mol. The molecule has 2 unspecified atom stereocenters. The van der Waals surface area contributed by atoms with Crippen molar-refractivity contribution in [3.63, 3.8) is 0 Å². The molecule has 0 aromatic heterocycles. The molecule has 1 N–H and O–H groups in total. The Balaban J connectivity index is 1.85. The van der Waals surface area contributed by atoms with Crippen LogP contribution in [0, 0.1) is 11.8 Å². The number of halogens is 1. The summed E-state index contributed by atoms with van der Waals surface area (Å²) in [5.74, 6) is 1.51. The Morgan fingerprint density at radius 1 is 1.30 bits per heavy atom. The molecule has 1 saturated heterocycles. The maximum absolute atomic E-state index is 6.31. The summed E-state index contributed by atoms with van der Waals surface area (Å²) in [7, 11) is 0. The van der Waals surface area contributed by atoms with Crippen molar-refractivity contribution in [2.75, 3.05) is 26.2 Å². The Labute approximate surface area is 128 Å². The van der Waals surface area contributed by atoms with Crippen molar-refractivity contribution in [1.82, 2.24) is 10.2 Å². The molecule has 1 aliphatic rings. The molecule has 0 amide bonds. The van der Waals surface area contributed by atoms with Gasteiger partial charge in [-0.1, -0.05) is 43.6 Å². The van der Waals surface area contributed by atoms with E-state index in [1.54, 1.807) is 0 Å². The van der Waals surface area contributed by atoms with Gasteiger partial charge in [0.1, 0.15) is 0 Å². The Bertz CT molecular complexity index is 419. The van der Waals surface area contributed by atoms with Crippen molar-refractivity contribution in [3.8, 4) is 0 Å². The summed E-state index contributed by atoms with van der Waals surface area (Å²) < 4.78 is 0. The summed E-state index contributed by atoms with van der Waals surface area (Å²) >= 11 is 6.31. The molecule has 2 rings (SSSR count). The van der Waals surface area contributed by atoms with Gasteiger partial charge in [-0.25, -0.2) is 0 Å². The van der Waals surface area contributed by atoms with Crippen molar-refractivity contribution in [1.29, 1.82) is 0 Å². The minimum atomic E-state index is 0.416. The van der Waals surface area contributed by atoms with Gasteiger partial charge < -0.3 is 5.32 Å². The summed E-state index contributed by atoms with van der Waals surface area (Å²) in [6.45, 7) is 11.4. The fraction of sp³-hybridized carbons (Fsp3) is 0.647. The van der Waals surface area contributed by atoms with Gasteiger partial charge in [0.2, 0.25) is 0 Å². The average Bonchev–Trinajstić information content (AvgIpc) is 2.87. The first-order valence-electron chi connectivity index (χ1n) is 7.77. The first-order valence-corrected chi connectivity index (χ1v) is 8.15. The van der Waals surface area contributed by atoms with Crippen molar-refractivity contribution in [3.05, 3.63) is 34.9 Å². The molecule has 1 heterocycles. The molecular weight excluding hydrogens is 268 g/mol. The normalized spacial score (nSPS) is 21.6. The highest BCUT2D eigenvalue weighted by atomic mass is 35.5. The summed E-state index contributed by atoms with van der Waals surface area (Å²) in [5, 5.41) is 4.47. The Hall–Kier alpha value is -0.570. The topological polar surface area (TPSA) is 15.3 Å². The van der Waals surface area contributed by atoms with Crippen LogP contribution < -0.4 is 5.32 Å². The highest BCUT2D eigenvalue weighted by Gasteiger charge is 2.27. The number of rotatable bonds is 6. The zero-order chi connectivity index (χ0) is 14.5. The smallest absolute Gasteiger partial charge is 0.0453 e. The molecule has 1 fully saturated rings. The molecule has 1 aromatic rings. The highest BCUT2D eigenvalue weighted by molar-refractivity contribution is 6.31. The quantitative estimate of drug-likeness (QED) is 0.854. The lowest BCUT2D eigenvalue weighted by atomic mass is 10.1. The van der Waals surface area contributed by atoms with Gasteiger partial charge in [0.25, 0.3) is 0 Å². The maximum Gasteiger partial charge on any atom is 0.0453 e. The molecule has 1 aromatic carbocycles. The van der Waals surface area contributed by atoms with E-state index in [0.717, 1.165) is 29.9 Å². The third-order valence-corrected chi connectivity index (χ3v) is 4.55. The Morgan fingerprint density at radius 2 is 2.05 bits per heavy atom. The van der Waals surface area contributed by atoms with Crippen LogP contribution in [0.4, 0.5) is 0 Å². The number of likely N-dealkylation sites (tertiary alicyclic amines) is 1. The van der Waals surface area contributed by atoms with E-state index >= 15 is 0 Å². The summed E-state index contributed by atoms with van der Waals surface area (Å²) in [4.78, 5) is 2.56. The monoisotopic (exact) mass is 294 g/mol. The number of hydrogen-bond acceptors (Lipinski definition) is 2. The van der Waals surface area contributed by atoms with Crippen molar-refractivity contribution >= 4 is 11.6 Å². The van der Waals surface area contributed by atoms with Crippen LogP contribution in [-0.2, 0) is 0 Å². The fourth-order valence-corrected chi connectivity index (χ4v) is 3.26. The largest absolute Gasteiger partial charge is 0.316 e. The van der Waals surface area contributed by atoms with Crippen LogP contribution in [0.5, 0.6) is 0 Å². The fourth-order valence-electron chi connectivity index (χ4n) is 2.97. The van der Waals surface area contributed by atoms with E-state index in [1.165, 1.54) is 25.1 Å². The van der Waals surface area contributed by atoms with Crippen LogP contribution in [0.25, 0.3) is 0 Å². The van der Waals surface area contributed by atoms with E-state index in [0.29, 0.717) is 6.04 Å². The van der Waals surface area contributed by atoms with E-state index in [-0.39, 0.29) is 0 Å². The minimum Gasteiger partial charge on any atom is -0.316 e. The van der Waals surface area contributed by atoms with Gasteiger partial charge in [-0.05, 0) is 56.4 Å². The van der Waals surface area contributed by atoms with Crippen LogP contribution in [0.1, 0.15) is 38.8 Å². The summed E-state index contributed by atoms with van der Waals surface area (Å²) in [6.07, 6.45) is 1.29. The molecule has 0 radical (unpaired) electrons. The van der Waals surface area contributed by atoms with Gasteiger partial charge in [0.15, 0.2) is 0 Å². The molecule has 112 valence electrons. The molecule has 2 atom stereocenters. The second-order valence-corrected chi connectivity index (χ2v) is 6.81. The average molecular weight is 295 g/mol. The number of nitrogens with one attached hydrogen (secondary N) is 1. The molecule has 0 saturated carbocycles. The molecule has 0 spiro atoms. The lowest BCUT2D eigenvalue weighted by Crippen LogP contribution is -2.29. The number of nitrogens with zero attached hydrogens (tertiary/aromatic N) is 1. The lowest BCUT2D eigenvalue weighted by molar-refractivity contribution is 0.251. The van der Waals surface area contributed by atoms with Crippen LogP contribution in [0.3, 0.4) is 0 Å². The molecule has 1 aliphatic heterocycles. The first kappa shape index (κ1) is 15.8. The Kier molecular flexibility index (Phi) is 5.88. The van der Waals surface area contributed by atoms with Gasteiger partial charge in [-0.3, -0.25) is 4.90 Å². The van der Waals surface area contributed by atoms with Gasteiger partial charge in [0.05, 0.1) is 0 Å². The van der Waals surface area contributed by atoms with Crippen LogP contribution in [-0.4, -0.2) is 31.1 Å². The minimum absolute atomic E-state index is 0.416. The number of hydrogen-bond donors (Lipinski definition) is 1. The predicted octanol–water partition coefficient (Wildman–Crippen LogP) is 3.97. The third kappa shape index (κ3) is 4.21. The second-order valence-electron chi connectivity index (χ2n) is 6.40. The molecule has 3 heteroatoms. The number of benzene rings is 1. The first-order chi connectivity index (χ1) is 9.58. The zero-order valence-corrected chi connectivity index (χ0v) is 13.7. The van der Waals surface area contributed by atoms with Crippen LogP contribution in [0.15, 0.2) is 24.3 Å². The van der Waals surface area contributed by atoms with E-state index in [2.05, 4.69) is 43.1 Å². The van der Waals surface area contributed by atoms with Crippen LogP contribution >= 0.6 is 11.6 Å². The van der Waals surface area contributed by atoms with Crippen molar-refractivity contribution in [2.45, 2.75) is 33.2 Å². The van der Waals surface area contributed by atoms with Crippen molar-refractivity contribution < 1.29 is 0 Å². The van der Waals surface area contributed by atoms with Gasteiger partial charge in [0, 0.05) is 17.6 Å². The van der Waals surface area contributed by atoms with Crippen LogP contribution in [0.2, 0.25) is 5.02 Å². The molecule has 0 bridgehead atoms. The summed E-state index contributed by atoms with van der Waals surface area (Å²) in [6, 6.07) is 8.64. The van der Waals surface area contributed by atoms with Gasteiger partial charge in [-0.2, -0.15) is 0 Å². The SMILES string of the molecule is CC(C)CNCC1CCN(C(C)c2ccccc2Cl)C1. The van der Waals surface area contributed by atoms with Gasteiger partial charge in [-0.15, -0.1) is 0 Å². The third-order valence-electron chi connectivity index (χ3n) is 4.21. The van der Waals surface area contributed by atoms with Crippen molar-refractivity contribution in [2.24, 2.45) is 11.8 Å². The van der Waals surface area contributed by atoms with E-state index < -0.39 is 0 Å². The highest BCUT2D eigenvalue weighted by Crippen LogP contribution is 2.31. The molecule has 20 heavy (non-hydrogen) atoms. The lowest BCUT2D eigenvalue weighted by Gasteiger charge is -2.25. The standard InChI is InChI=1S/C17H27ClN2/c1-13(2)10-19-11-15-8-9-20(12-15)14(3)16-6-4-5-7-17(16)18/h4-7,13-15,19H,8-12H2,1-3H3. The molecular formula is C17H27ClN2. The van der Waals surface area contributed by atoms with E-state index in [4.69, 9.17) is 11.6 Å². The Morgan fingerprint density at radius 3 is 2.75 bits per heavy atom. The zero-order valence-electron chi connectivity index (χ0n) is 12.9. The second kappa shape index (κ2) is 7.44. The molecule has 2 nitrogen and oxygen atoms in total. The molecule has 0 aliphatic carbocycles. The van der Waals surface area contributed by atoms with Gasteiger partial charge >= 0.3 is 0 Å². The van der Waals surface area contributed by atoms with E-state index in [1.807, 2.05) is 12.1 Å².